The van der Waals surface area contributed by atoms with Crippen LogP contribution in [0.1, 0.15) is 44.5 Å². The molecule has 3 aromatic carbocycles. The second kappa shape index (κ2) is 10.8. The summed E-state index contributed by atoms with van der Waals surface area (Å²) in [5.41, 5.74) is 6.83. The minimum absolute atomic E-state index is 0.600. The highest BCUT2D eigenvalue weighted by Crippen LogP contribution is 2.35. The molecule has 0 saturated carbocycles. The van der Waals surface area contributed by atoms with E-state index in [1.165, 1.54) is 16.0 Å². The minimum Gasteiger partial charge on any atom is -0.384 e. The van der Waals surface area contributed by atoms with Crippen molar-refractivity contribution in [3.8, 4) is 28.1 Å². The Balaban J connectivity index is 0.00000158. The average molecular weight is 493 g/mol. The van der Waals surface area contributed by atoms with E-state index in [2.05, 4.69) is 55.6 Å². The van der Waals surface area contributed by atoms with Crippen LogP contribution in [-0.4, -0.2) is 21.1 Å². The number of hydrogen-bond donors (Lipinski definition) is 1. The number of hydrogen-bond acceptors (Lipinski definition) is 3. The molecule has 3 nitrogen and oxygen atoms in total. The van der Waals surface area contributed by atoms with Crippen molar-refractivity contribution in [2.45, 2.75) is 52.0 Å². The molecule has 0 aliphatic heterocycles. The Labute approximate surface area is 212 Å². The third kappa shape index (κ3) is 5.41. The van der Waals surface area contributed by atoms with Gasteiger partial charge in [0.05, 0.1) is 22.1 Å². The molecule has 5 heteroatoms. The van der Waals surface area contributed by atoms with E-state index in [-0.39, 0.29) is 0 Å². The first kappa shape index (κ1) is 26.1. The molecule has 4 aromatic rings. The summed E-state index contributed by atoms with van der Waals surface area (Å²) in [4.78, 5) is 1.24. The van der Waals surface area contributed by atoms with Crippen LogP contribution in [0.15, 0.2) is 71.6 Å². The summed E-state index contributed by atoms with van der Waals surface area (Å²) in [6.45, 7) is 11.6. The second-order valence-electron chi connectivity index (χ2n) is 8.55. The van der Waals surface area contributed by atoms with Crippen LogP contribution < -0.4 is 0 Å². The quantitative estimate of drug-likeness (QED) is 0.284. The molecule has 0 fully saturated rings. The van der Waals surface area contributed by atoms with Gasteiger partial charge >= 0.3 is 0 Å². The van der Waals surface area contributed by atoms with Crippen LogP contribution in [0.2, 0.25) is 5.02 Å². The molecule has 0 aliphatic rings. The monoisotopic (exact) mass is 492 g/mol. The normalized spacial score (nSPS) is 11.2. The summed E-state index contributed by atoms with van der Waals surface area (Å²) >= 11 is 8.34. The van der Waals surface area contributed by atoms with Gasteiger partial charge < -0.3 is 5.11 Å². The Morgan fingerprint density at radius 2 is 1.56 bits per heavy atom. The first-order valence-corrected chi connectivity index (χ1v) is 13.1. The Kier molecular flexibility index (Phi) is 8.29. The van der Waals surface area contributed by atoms with Gasteiger partial charge in [-0.25, -0.2) is 4.68 Å². The zero-order chi connectivity index (χ0) is 25.0. The van der Waals surface area contributed by atoms with Crippen molar-refractivity contribution in [2.24, 2.45) is 0 Å². The fourth-order valence-corrected chi connectivity index (χ4v) is 4.63. The second-order valence-corrected chi connectivity index (χ2v) is 9.84. The highest BCUT2D eigenvalue weighted by Gasteiger charge is 2.25. The molecule has 0 unspecified atom stereocenters. The third-order valence-electron chi connectivity index (χ3n) is 5.64. The van der Waals surface area contributed by atoms with Gasteiger partial charge in [-0.15, -0.1) is 11.8 Å². The molecule has 0 aliphatic carbocycles. The number of halogens is 1. The number of aryl methyl sites for hydroxylation is 2. The van der Waals surface area contributed by atoms with Gasteiger partial charge in [0.25, 0.3) is 0 Å². The van der Waals surface area contributed by atoms with Gasteiger partial charge in [0.1, 0.15) is 5.60 Å². The van der Waals surface area contributed by atoms with Crippen molar-refractivity contribution in [3.63, 3.8) is 0 Å². The predicted octanol–water partition coefficient (Wildman–Crippen LogP) is 8.45. The van der Waals surface area contributed by atoms with Gasteiger partial charge in [0.15, 0.2) is 0 Å². The first-order valence-electron chi connectivity index (χ1n) is 11.5. The van der Waals surface area contributed by atoms with E-state index >= 15 is 0 Å². The first-order chi connectivity index (χ1) is 16.2. The third-order valence-corrected chi connectivity index (χ3v) is 6.67. The van der Waals surface area contributed by atoms with Crippen LogP contribution in [0.4, 0.5) is 0 Å². The molecule has 178 valence electrons. The van der Waals surface area contributed by atoms with Crippen LogP contribution in [-0.2, 0) is 5.60 Å². The molecule has 0 amide bonds. The number of aromatic nitrogens is 2. The molecule has 1 aromatic heterocycles. The summed E-state index contributed by atoms with van der Waals surface area (Å²) in [6.07, 6.45) is 2.09. The van der Waals surface area contributed by atoms with Crippen molar-refractivity contribution in [2.75, 3.05) is 6.26 Å². The number of thioether (sulfide) groups is 1. The number of aliphatic hydroxyl groups is 1. The van der Waals surface area contributed by atoms with E-state index in [9.17, 15) is 5.11 Å². The molecular weight excluding hydrogens is 460 g/mol. The van der Waals surface area contributed by atoms with Gasteiger partial charge in [0.2, 0.25) is 0 Å². The van der Waals surface area contributed by atoms with Gasteiger partial charge in [-0.2, -0.15) is 5.10 Å². The molecule has 34 heavy (non-hydrogen) atoms. The molecule has 0 bridgehead atoms. The highest BCUT2D eigenvalue weighted by molar-refractivity contribution is 7.98. The van der Waals surface area contributed by atoms with Gasteiger partial charge in [-0.05, 0) is 80.5 Å². The molecule has 0 spiro atoms. The lowest BCUT2D eigenvalue weighted by molar-refractivity contribution is 0.0734. The van der Waals surface area contributed by atoms with Crippen molar-refractivity contribution >= 4 is 23.4 Å². The predicted molar refractivity (Wildman–Crippen MR) is 147 cm³/mol. The molecule has 0 saturated heterocycles. The zero-order valence-corrected chi connectivity index (χ0v) is 22.6. The number of rotatable bonds is 5. The van der Waals surface area contributed by atoms with Crippen molar-refractivity contribution in [1.82, 2.24) is 9.78 Å². The molecule has 0 atom stereocenters. The van der Waals surface area contributed by atoms with Crippen LogP contribution >= 0.6 is 23.4 Å². The fourth-order valence-electron chi connectivity index (χ4n) is 3.87. The van der Waals surface area contributed by atoms with Gasteiger partial charge in [0, 0.05) is 10.5 Å². The van der Waals surface area contributed by atoms with E-state index in [1.54, 1.807) is 25.6 Å². The maximum Gasteiger partial charge on any atom is 0.103 e. The lowest BCUT2D eigenvalue weighted by Gasteiger charge is -2.15. The minimum atomic E-state index is -1.07. The van der Waals surface area contributed by atoms with Crippen molar-refractivity contribution in [3.05, 3.63) is 88.6 Å². The molecule has 0 radical (unpaired) electrons. The Bertz CT molecular complexity index is 1270. The summed E-state index contributed by atoms with van der Waals surface area (Å²) < 4.78 is 1.86. The lowest BCUT2D eigenvalue weighted by atomic mass is 9.97. The van der Waals surface area contributed by atoms with E-state index in [4.69, 9.17) is 16.7 Å². The maximum atomic E-state index is 10.7. The highest BCUT2D eigenvalue weighted by atomic mass is 35.5. The SMILES string of the molecule is CC.CSc1cccc(-c2ccc(-c3cc(C(C)(C)O)nn3-c3c(C)cccc3Cl)c(C)c2)c1. The van der Waals surface area contributed by atoms with Crippen LogP contribution in [0.25, 0.3) is 28.1 Å². The average Bonchev–Trinajstić information content (AvgIpc) is 3.25. The topological polar surface area (TPSA) is 38.1 Å². The van der Waals surface area contributed by atoms with E-state index in [0.29, 0.717) is 10.7 Å². The van der Waals surface area contributed by atoms with Crippen molar-refractivity contribution < 1.29 is 5.11 Å². The maximum absolute atomic E-state index is 10.7. The van der Waals surface area contributed by atoms with Gasteiger partial charge in [-0.1, -0.05) is 67.9 Å². The molecule has 4 rings (SSSR count). The van der Waals surface area contributed by atoms with Crippen LogP contribution in [0, 0.1) is 13.8 Å². The number of para-hydroxylation sites is 1. The molecule has 1 heterocycles. The number of nitrogens with zero attached hydrogens (tertiary/aromatic N) is 2. The largest absolute Gasteiger partial charge is 0.384 e. The summed E-state index contributed by atoms with van der Waals surface area (Å²) in [6, 6.07) is 22.8. The summed E-state index contributed by atoms with van der Waals surface area (Å²) in [5, 5.41) is 16.1. The Morgan fingerprint density at radius 3 is 2.18 bits per heavy atom. The fraction of sp³-hybridized carbons (Fsp3) is 0.276. The Hall–Kier alpha value is -2.53. The summed E-state index contributed by atoms with van der Waals surface area (Å²) in [5.74, 6) is 0. The lowest BCUT2D eigenvalue weighted by Crippen LogP contribution is -2.16. The van der Waals surface area contributed by atoms with Crippen molar-refractivity contribution in [1.29, 1.82) is 0 Å². The van der Waals surface area contributed by atoms with E-state index < -0.39 is 5.60 Å². The van der Waals surface area contributed by atoms with Crippen LogP contribution in [0.5, 0.6) is 0 Å². The Morgan fingerprint density at radius 1 is 0.882 bits per heavy atom. The van der Waals surface area contributed by atoms with Crippen LogP contribution in [0.3, 0.4) is 0 Å². The zero-order valence-electron chi connectivity index (χ0n) is 21.0. The van der Waals surface area contributed by atoms with Gasteiger partial charge in [-0.3, -0.25) is 0 Å². The molecular formula is C29H33ClN2OS. The van der Waals surface area contributed by atoms with E-state index in [0.717, 1.165) is 28.1 Å². The molecule has 1 N–H and O–H groups in total. The van der Waals surface area contributed by atoms with E-state index in [1.807, 2.05) is 49.7 Å². The number of benzene rings is 3. The smallest absolute Gasteiger partial charge is 0.103 e. The standard InChI is InChI=1S/C27H27ClN2OS.C2H6/c1-17-8-6-11-23(28)26(17)30-24(16-25(29-30)27(3,4)31)22-13-12-20(14-18(22)2)19-9-7-10-21(15-19)32-5;1-2/h6-16,31H,1-5H3;1-2H3. The summed E-state index contributed by atoms with van der Waals surface area (Å²) in [7, 11) is 0.